The molecule has 0 aromatic heterocycles. The van der Waals surface area contributed by atoms with Gasteiger partial charge in [-0.05, 0) is 94.2 Å². The molecule has 44 heavy (non-hydrogen) atoms. The topological polar surface area (TPSA) is 43.1 Å². The smallest absolute Gasteiger partial charge is 0.324 e. The molecule has 0 spiro atoms. The standard InChI is InChI=1S/C27H33F3.C6H11NO.C4H8.C2H6/c1-7-13-20(5)18-19-23(21(6)14-8-2)25(15-9-3)26(27(28,29)30)24-17-12-11-16-22(24)10-4;7-4-6(8)5-2-1-3-5;1-3-4-2;1-2/h10-11,14,16,18-19H,4,7-9,13,15H2,1-3,5-6H3;5H,1-4,7H2;3-4H,1-2H3;1-2H3/b20-18-,21-14-,23-19+,26-25-;;4-3-;. The zero-order chi connectivity index (χ0) is 34.1. The summed E-state index contributed by atoms with van der Waals surface area (Å²) in [5, 5.41) is 0. The lowest BCUT2D eigenvalue weighted by Crippen LogP contribution is -2.27. The number of allylic oxidation sites excluding steroid dienone is 10. The van der Waals surface area contributed by atoms with Crippen molar-refractivity contribution in [3.05, 3.63) is 94.6 Å². The number of Topliss-reactive ketones (excluding diaryl/α,β-unsaturated/α-hetero) is 1. The summed E-state index contributed by atoms with van der Waals surface area (Å²) in [4.78, 5) is 10.7. The minimum Gasteiger partial charge on any atom is -0.324 e. The molecule has 246 valence electrons. The molecule has 0 unspecified atom stereocenters. The van der Waals surface area contributed by atoms with Crippen molar-refractivity contribution in [3.63, 3.8) is 0 Å². The Bertz CT molecular complexity index is 1110. The predicted octanol–water partition coefficient (Wildman–Crippen LogP) is 12.0. The molecule has 0 aliphatic heterocycles. The third kappa shape index (κ3) is 16.1. The molecule has 0 radical (unpaired) electrons. The molecule has 1 fully saturated rings. The van der Waals surface area contributed by atoms with E-state index in [1.165, 1.54) is 12.5 Å². The van der Waals surface area contributed by atoms with Gasteiger partial charge < -0.3 is 5.73 Å². The molecule has 0 heterocycles. The van der Waals surface area contributed by atoms with Gasteiger partial charge in [-0.2, -0.15) is 13.2 Å². The van der Waals surface area contributed by atoms with Crippen molar-refractivity contribution >= 4 is 17.4 Å². The highest BCUT2D eigenvalue weighted by atomic mass is 19.4. The van der Waals surface area contributed by atoms with Gasteiger partial charge in [-0.1, -0.05) is 115 Å². The Labute approximate surface area is 267 Å². The van der Waals surface area contributed by atoms with E-state index in [-0.39, 0.29) is 17.9 Å². The Morgan fingerprint density at radius 1 is 1.05 bits per heavy atom. The fourth-order valence-corrected chi connectivity index (χ4v) is 4.37. The molecule has 1 aromatic carbocycles. The molecule has 0 bridgehead atoms. The summed E-state index contributed by atoms with van der Waals surface area (Å²) in [5.74, 6) is 0.580. The molecular formula is C39H58F3NO. The van der Waals surface area contributed by atoms with E-state index in [0.717, 1.165) is 43.3 Å². The average molecular weight is 614 g/mol. The summed E-state index contributed by atoms with van der Waals surface area (Å²) in [6.07, 6.45) is 13.7. The molecule has 2 N–H and O–H groups in total. The fraction of sp³-hybridized carbons (Fsp3) is 0.513. The number of ketones is 1. The van der Waals surface area contributed by atoms with Crippen molar-refractivity contribution in [2.45, 2.75) is 120 Å². The van der Waals surface area contributed by atoms with E-state index in [0.29, 0.717) is 35.5 Å². The maximum atomic E-state index is 14.4. The Balaban J connectivity index is 0. The van der Waals surface area contributed by atoms with Gasteiger partial charge in [0.2, 0.25) is 0 Å². The van der Waals surface area contributed by atoms with E-state index in [1.54, 1.807) is 12.1 Å². The first-order valence-corrected chi connectivity index (χ1v) is 16.2. The number of carbonyl (C=O) groups excluding carboxylic acids is 1. The van der Waals surface area contributed by atoms with Crippen LogP contribution in [-0.4, -0.2) is 18.5 Å². The lowest BCUT2D eigenvalue weighted by atomic mass is 9.82. The second-order valence-electron chi connectivity index (χ2n) is 10.3. The van der Waals surface area contributed by atoms with Crippen molar-refractivity contribution in [3.8, 4) is 0 Å². The highest BCUT2D eigenvalue weighted by molar-refractivity contribution is 5.83. The van der Waals surface area contributed by atoms with E-state index in [2.05, 4.69) is 25.6 Å². The zero-order valence-corrected chi connectivity index (χ0v) is 28.9. The third-order valence-corrected chi connectivity index (χ3v) is 6.92. The van der Waals surface area contributed by atoms with E-state index < -0.39 is 11.7 Å². The van der Waals surface area contributed by atoms with Gasteiger partial charge in [0.25, 0.3) is 0 Å². The van der Waals surface area contributed by atoms with Gasteiger partial charge >= 0.3 is 6.18 Å². The average Bonchev–Trinajstić information content (AvgIpc) is 2.97. The molecular weight excluding hydrogens is 555 g/mol. The van der Waals surface area contributed by atoms with Crippen LogP contribution in [0.5, 0.6) is 0 Å². The van der Waals surface area contributed by atoms with E-state index in [1.807, 2.05) is 85.8 Å². The SMILES string of the molecule is C/C=C\C.C=Cc1ccc#cc1/C(=C(CCC)/C(=C/C=C(/C)CCC)C(/C)=C\CC)C(F)(F)F.CC.NCC(=O)C1CCC1. The minimum absolute atomic E-state index is 0.00732. The van der Waals surface area contributed by atoms with Crippen molar-refractivity contribution in [1.29, 1.82) is 0 Å². The Hall–Kier alpha value is -3.10. The highest BCUT2D eigenvalue weighted by Crippen LogP contribution is 2.42. The van der Waals surface area contributed by atoms with E-state index in [4.69, 9.17) is 5.73 Å². The van der Waals surface area contributed by atoms with Crippen LogP contribution in [0.1, 0.15) is 125 Å². The molecule has 2 nitrogen and oxygen atoms in total. The van der Waals surface area contributed by atoms with Gasteiger partial charge in [0.05, 0.1) is 12.1 Å². The van der Waals surface area contributed by atoms with Gasteiger partial charge in [0.1, 0.15) is 5.78 Å². The molecule has 2 rings (SSSR count). The summed E-state index contributed by atoms with van der Waals surface area (Å²) >= 11 is 0. The van der Waals surface area contributed by atoms with Crippen LogP contribution in [0.4, 0.5) is 13.2 Å². The van der Waals surface area contributed by atoms with Crippen LogP contribution in [0.3, 0.4) is 0 Å². The quantitative estimate of drug-likeness (QED) is 0.188. The summed E-state index contributed by atoms with van der Waals surface area (Å²) in [6.45, 7) is 21.8. The number of nitrogens with two attached hydrogens (primary N) is 1. The summed E-state index contributed by atoms with van der Waals surface area (Å²) in [6, 6.07) is 8.55. The van der Waals surface area contributed by atoms with Crippen LogP contribution >= 0.6 is 0 Å². The molecule has 1 saturated carbocycles. The van der Waals surface area contributed by atoms with Crippen LogP contribution in [-0.2, 0) is 4.79 Å². The van der Waals surface area contributed by atoms with Crippen molar-refractivity contribution in [2.75, 3.05) is 6.54 Å². The van der Waals surface area contributed by atoms with Gasteiger partial charge in [-0.25, -0.2) is 0 Å². The molecule has 5 heteroatoms. The van der Waals surface area contributed by atoms with E-state index in [9.17, 15) is 18.0 Å². The van der Waals surface area contributed by atoms with Gasteiger partial charge in [-0.15, -0.1) is 0 Å². The predicted molar refractivity (Wildman–Crippen MR) is 186 cm³/mol. The maximum absolute atomic E-state index is 14.4. The first-order chi connectivity index (χ1) is 21.0. The number of carbonyl (C=O) groups is 1. The lowest BCUT2D eigenvalue weighted by Gasteiger charge is -2.22. The Morgan fingerprint density at radius 3 is 2.02 bits per heavy atom. The largest absolute Gasteiger partial charge is 0.417 e. The molecule has 1 aliphatic rings. The van der Waals surface area contributed by atoms with Crippen LogP contribution in [0.15, 0.2) is 71.4 Å². The van der Waals surface area contributed by atoms with E-state index >= 15 is 0 Å². The van der Waals surface area contributed by atoms with Crippen molar-refractivity contribution < 1.29 is 18.0 Å². The highest BCUT2D eigenvalue weighted by Gasteiger charge is 2.39. The number of halogens is 3. The molecule has 1 aliphatic carbocycles. The van der Waals surface area contributed by atoms with Gasteiger partial charge in [0, 0.05) is 11.5 Å². The summed E-state index contributed by atoms with van der Waals surface area (Å²) < 4.78 is 43.3. The van der Waals surface area contributed by atoms with Crippen molar-refractivity contribution in [1.82, 2.24) is 0 Å². The van der Waals surface area contributed by atoms with Gasteiger partial charge in [0.15, 0.2) is 0 Å². The fourth-order valence-electron chi connectivity index (χ4n) is 4.37. The summed E-state index contributed by atoms with van der Waals surface area (Å²) in [7, 11) is 0. The second-order valence-corrected chi connectivity index (χ2v) is 10.3. The Morgan fingerprint density at radius 2 is 1.64 bits per heavy atom. The second kappa shape index (κ2) is 25.2. The normalized spacial score (nSPS) is 14.4. The van der Waals surface area contributed by atoms with Gasteiger partial charge in [-0.3, -0.25) is 4.79 Å². The van der Waals surface area contributed by atoms with Crippen LogP contribution < -0.4 is 5.73 Å². The van der Waals surface area contributed by atoms with Crippen molar-refractivity contribution in [2.24, 2.45) is 11.7 Å². The van der Waals surface area contributed by atoms with Crippen LogP contribution in [0, 0.1) is 18.1 Å². The number of rotatable bonds is 12. The minimum atomic E-state index is -4.53. The van der Waals surface area contributed by atoms with Crippen LogP contribution in [0.2, 0.25) is 0 Å². The third-order valence-electron chi connectivity index (χ3n) is 6.92. The number of alkyl halides is 3. The zero-order valence-electron chi connectivity index (χ0n) is 28.9. The first-order valence-electron chi connectivity index (χ1n) is 16.2. The molecule has 0 amide bonds. The molecule has 0 saturated heterocycles. The number of hydrogen-bond acceptors (Lipinski definition) is 2. The first kappa shape index (κ1) is 43.0. The Kier molecular flexibility index (Phi) is 24.7. The molecule has 0 atom stereocenters. The maximum Gasteiger partial charge on any atom is 0.417 e. The van der Waals surface area contributed by atoms with Crippen LogP contribution in [0.25, 0.3) is 11.6 Å². The monoisotopic (exact) mass is 613 g/mol. The molecule has 1 aromatic rings. The summed E-state index contributed by atoms with van der Waals surface area (Å²) in [5.41, 5.74) is 7.83. The number of hydrogen-bond donors (Lipinski definition) is 1. The lowest BCUT2D eigenvalue weighted by molar-refractivity contribution is -0.123.